The molecule has 0 amide bonds. The number of hydrogen-bond acceptors (Lipinski definition) is 0. The summed E-state index contributed by atoms with van der Waals surface area (Å²) in [4.78, 5) is 0. The highest BCUT2D eigenvalue weighted by molar-refractivity contribution is 4.75. The first-order chi connectivity index (χ1) is 5.10. The summed E-state index contributed by atoms with van der Waals surface area (Å²) in [7, 11) is 0. The molecule has 0 saturated carbocycles. The van der Waals surface area contributed by atoms with E-state index in [0.717, 1.165) is 0 Å². The van der Waals surface area contributed by atoms with Gasteiger partial charge in [0.25, 0.3) is 0 Å². The summed E-state index contributed by atoms with van der Waals surface area (Å²) in [5.74, 6) is 0.602. The average Bonchev–Trinajstić information content (AvgIpc) is 1.49. The molecule has 0 unspecified atom stereocenters. The Labute approximate surface area is 78.8 Å². The molecule has 0 fully saturated rings. The average molecular weight is 169 g/mol. The van der Waals surface area contributed by atoms with Crippen molar-refractivity contribution in [3.8, 4) is 0 Å². The van der Waals surface area contributed by atoms with E-state index in [4.69, 9.17) is 0 Å². The molecule has 0 nitrogen and oxygen atoms in total. The summed E-state index contributed by atoms with van der Waals surface area (Å²) in [6, 6.07) is 0. The van der Waals surface area contributed by atoms with Crippen LogP contribution in [0.4, 0.5) is 0 Å². The minimum absolute atomic E-state index is 0.428. The third-order valence-electron chi connectivity index (χ3n) is 1.80. The van der Waals surface area contributed by atoms with Crippen molar-refractivity contribution in [1.82, 2.24) is 0 Å². The van der Waals surface area contributed by atoms with E-state index in [-0.39, 0.29) is 0 Å². The lowest BCUT2D eigenvalue weighted by atomic mass is 9.78. The van der Waals surface area contributed by atoms with Crippen molar-refractivity contribution in [1.29, 1.82) is 0 Å². The molecule has 0 N–H and O–H groups in total. The molecule has 0 aromatic heterocycles. The highest BCUT2D eigenvalue weighted by Gasteiger charge is 2.20. The maximum atomic E-state index is 4.21. The van der Waals surface area contributed by atoms with E-state index in [1.165, 1.54) is 12.8 Å². The molecule has 0 bridgehead atoms. The van der Waals surface area contributed by atoms with Crippen LogP contribution in [-0.4, -0.2) is 0 Å². The largest absolute Gasteiger partial charge is 0.0602 e. The van der Waals surface area contributed by atoms with Crippen LogP contribution in [0.25, 0.3) is 0 Å². The fraction of sp³-hybridized carbons (Fsp3) is 0.917. The third kappa shape index (κ3) is 8.10. The summed E-state index contributed by atoms with van der Waals surface area (Å²) >= 11 is 0. The zero-order chi connectivity index (χ0) is 9.99. The molecule has 0 heteroatoms. The summed E-state index contributed by atoms with van der Waals surface area (Å²) in [6.07, 6.45) is 2.45. The van der Waals surface area contributed by atoms with Crippen molar-refractivity contribution in [3.63, 3.8) is 0 Å². The first kappa shape index (κ1) is 12.0. The van der Waals surface area contributed by atoms with Crippen molar-refractivity contribution in [2.24, 2.45) is 16.7 Å². The molecule has 12 heavy (non-hydrogen) atoms. The predicted molar refractivity (Wildman–Crippen MR) is 57.0 cm³/mol. The van der Waals surface area contributed by atoms with Gasteiger partial charge in [-0.3, -0.25) is 0 Å². The second-order valence-electron chi connectivity index (χ2n) is 6.40. The Morgan fingerprint density at radius 2 is 1.08 bits per heavy atom. The first-order valence-corrected chi connectivity index (χ1v) is 4.93. The maximum Gasteiger partial charge on any atom is -0.0380 e. The van der Waals surface area contributed by atoms with Crippen molar-refractivity contribution in [2.75, 3.05) is 0 Å². The van der Waals surface area contributed by atoms with Gasteiger partial charge in [0, 0.05) is 0 Å². The maximum absolute atomic E-state index is 4.21. The Morgan fingerprint density at radius 3 is 1.25 bits per heavy atom. The molecule has 73 valence electrons. The summed E-state index contributed by atoms with van der Waals surface area (Å²) in [6.45, 7) is 17.9. The lowest BCUT2D eigenvalue weighted by Gasteiger charge is -2.28. The lowest BCUT2D eigenvalue weighted by molar-refractivity contribution is 0.251. The fourth-order valence-electron chi connectivity index (χ4n) is 1.80. The molecule has 0 aromatic rings. The van der Waals surface area contributed by atoms with E-state index in [1.807, 2.05) is 0 Å². The highest BCUT2D eigenvalue weighted by atomic mass is 14.3. The molecular formula is C12H25. The zero-order valence-electron chi connectivity index (χ0n) is 9.70. The topological polar surface area (TPSA) is 0 Å². The zero-order valence-corrected chi connectivity index (χ0v) is 9.70. The summed E-state index contributed by atoms with van der Waals surface area (Å²) in [5, 5.41) is 0. The van der Waals surface area contributed by atoms with Gasteiger partial charge in [0.1, 0.15) is 0 Å². The van der Waals surface area contributed by atoms with Gasteiger partial charge < -0.3 is 0 Å². The normalized spacial score (nSPS) is 14.0. The van der Waals surface area contributed by atoms with E-state index in [2.05, 4.69) is 48.5 Å². The minimum atomic E-state index is 0.428. The molecule has 0 heterocycles. The second-order valence-corrected chi connectivity index (χ2v) is 6.40. The van der Waals surface area contributed by atoms with Gasteiger partial charge in [-0.15, -0.1) is 0 Å². The van der Waals surface area contributed by atoms with Crippen molar-refractivity contribution in [3.05, 3.63) is 6.92 Å². The monoisotopic (exact) mass is 169 g/mol. The van der Waals surface area contributed by atoms with Crippen molar-refractivity contribution >= 4 is 0 Å². The van der Waals surface area contributed by atoms with Crippen molar-refractivity contribution < 1.29 is 0 Å². The van der Waals surface area contributed by atoms with Gasteiger partial charge in [-0.2, -0.15) is 0 Å². The molecule has 0 spiro atoms. The SMILES string of the molecule is [CH2]C(CC(C)(C)C)CC(C)(C)C. The Balaban J connectivity index is 3.83. The molecule has 0 aromatic carbocycles. The van der Waals surface area contributed by atoms with Crippen LogP contribution in [-0.2, 0) is 0 Å². The summed E-state index contributed by atoms with van der Waals surface area (Å²) in [5.41, 5.74) is 0.856. The van der Waals surface area contributed by atoms with Crippen LogP contribution >= 0.6 is 0 Å². The second kappa shape index (κ2) is 3.81. The van der Waals surface area contributed by atoms with Gasteiger partial charge in [-0.1, -0.05) is 48.5 Å². The van der Waals surface area contributed by atoms with Crippen LogP contribution in [0.5, 0.6) is 0 Å². The molecule has 0 aliphatic heterocycles. The van der Waals surface area contributed by atoms with E-state index < -0.39 is 0 Å². The third-order valence-corrected chi connectivity index (χ3v) is 1.80. The first-order valence-electron chi connectivity index (χ1n) is 4.93. The predicted octanol–water partition coefficient (Wildman–Crippen LogP) is 4.31. The number of hydrogen-bond donors (Lipinski definition) is 0. The van der Waals surface area contributed by atoms with Gasteiger partial charge in [0.15, 0.2) is 0 Å². The Morgan fingerprint density at radius 1 is 0.833 bits per heavy atom. The van der Waals surface area contributed by atoms with E-state index in [1.54, 1.807) is 0 Å². The van der Waals surface area contributed by atoms with Crippen LogP contribution in [0, 0.1) is 23.7 Å². The Hall–Kier alpha value is 0. The number of rotatable bonds is 2. The van der Waals surface area contributed by atoms with Gasteiger partial charge in [-0.25, -0.2) is 0 Å². The van der Waals surface area contributed by atoms with Crippen LogP contribution in [0.3, 0.4) is 0 Å². The van der Waals surface area contributed by atoms with E-state index >= 15 is 0 Å². The quantitative estimate of drug-likeness (QED) is 0.578. The van der Waals surface area contributed by atoms with Crippen LogP contribution in [0.1, 0.15) is 54.4 Å². The minimum Gasteiger partial charge on any atom is -0.0602 e. The van der Waals surface area contributed by atoms with Crippen LogP contribution in [0.15, 0.2) is 0 Å². The molecular weight excluding hydrogens is 144 g/mol. The Kier molecular flexibility index (Phi) is 3.81. The molecule has 1 radical (unpaired) electrons. The Bertz CT molecular complexity index is 104. The van der Waals surface area contributed by atoms with Gasteiger partial charge in [-0.05, 0) is 29.6 Å². The van der Waals surface area contributed by atoms with Crippen LogP contribution in [0.2, 0.25) is 0 Å². The van der Waals surface area contributed by atoms with Gasteiger partial charge >= 0.3 is 0 Å². The molecule has 0 atom stereocenters. The molecule has 0 aliphatic rings. The smallest absolute Gasteiger partial charge is 0.0380 e. The molecule has 0 rings (SSSR count). The standard InChI is InChI=1S/C12H25/c1-10(8-11(2,3)4)9-12(5,6)7/h10H,1,8-9H2,2-7H3. The highest BCUT2D eigenvalue weighted by Crippen LogP contribution is 2.31. The van der Waals surface area contributed by atoms with Gasteiger partial charge in [0.05, 0.1) is 0 Å². The lowest BCUT2D eigenvalue weighted by Crippen LogP contribution is -2.17. The fourth-order valence-corrected chi connectivity index (χ4v) is 1.80. The van der Waals surface area contributed by atoms with Gasteiger partial charge in [0.2, 0.25) is 0 Å². The van der Waals surface area contributed by atoms with Crippen LogP contribution < -0.4 is 0 Å². The van der Waals surface area contributed by atoms with Crippen molar-refractivity contribution in [2.45, 2.75) is 54.4 Å². The molecule has 0 aliphatic carbocycles. The molecule has 0 saturated heterocycles. The van der Waals surface area contributed by atoms with E-state index in [9.17, 15) is 0 Å². The van der Waals surface area contributed by atoms with E-state index in [0.29, 0.717) is 16.7 Å². The summed E-state index contributed by atoms with van der Waals surface area (Å²) < 4.78 is 0.